The first-order valence-electron chi connectivity index (χ1n) is 8.10. The number of esters is 1. The van der Waals surface area contributed by atoms with Gasteiger partial charge < -0.3 is 9.15 Å². The average Bonchev–Trinajstić information content (AvgIpc) is 3.35. The number of halogens is 1. The monoisotopic (exact) mass is 457 g/mol. The van der Waals surface area contributed by atoms with E-state index in [0.29, 0.717) is 16.2 Å². The second-order valence-electron chi connectivity index (χ2n) is 5.70. The molecule has 0 fully saturated rings. The fourth-order valence-electron chi connectivity index (χ4n) is 2.44. The molecule has 7 nitrogen and oxygen atoms in total. The zero-order chi connectivity index (χ0) is 19.5. The number of ether oxygens (including phenoxy) is 1. The van der Waals surface area contributed by atoms with E-state index in [1.165, 1.54) is 23.8 Å². The molecule has 2 aromatic carbocycles. The van der Waals surface area contributed by atoms with E-state index in [2.05, 4.69) is 31.2 Å². The highest BCUT2D eigenvalue weighted by Gasteiger charge is 2.13. The Morgan fingerprint density at radius 3 is 2.82 bits per heavy atom. The van der Waals surface area contributed by atoms with Gasteiger partial charge in [-0.25, -0.2) is 14.8 Å². The van der Waals surface area contributed by atoms with Gasteiger partial charge in [0, 0.05) is 15.4 Å². The fraction of sp³-hybridized carbons (Fsp3) is 0.0526. The minimum atomic E-state index is -0.622. The summed E-state index contributed by atoms with van der Waals surface area (Å²) >= 11 is 4.68. The Kier molecular flexibility index (Phi) is 5.18. The number of anilines is 1. The highest BCUT2D eigenvalue weighted by molar-refractivity contribution is 9.10. The van der Waals surface area contributed by atoms with E-state index in [1.54, 1.807) is 12.1 Å². The van der Waals surface area contributed by atoms with Crippen molar-refractivity contribution in [3.05, 3.63) is 64.3 Å². The van der Waals surface area contributed by atoms with Crippen LogP contribution in [0, 0.1) is 0 Å². The maximum Gasteiger partial charge on any atom is 0.338 e. The van der Waals surface area contributed by atoms with E-state index in [0.717, 1.165) is 15.7 Å². The number of hydrogen-bond donors (Lipinski definition) is 1. The summed E-state index contributed by atoms with van der Waals surface area (Å²) < 4.78 is 11.2. The van der Waals surface area contributed by atoms with E-state index in [9.17, 15) is 9.59 Å². The SMILES string of the molecule is O=C(COC(=O)c1ccc2ncoc2c1)Nc1nc(-c2ccc(Br)cc2)cs1. The molecule has 1 N–H and O–H groups in total. The van der Waals surface area contributed by atoms with Crippen LogP contribution in [0.15, 0.2) is 63.1 Å². The molecule has 0 saturated heterocycles. The lowest BCUT2D eigenvalue weighted by Gasteiger charge is -2.04. The van der Waals surface area contributed by atoms with Crippen molar-refractivity contribution in [2.24, 2.45) is 0 Å². The Labute approximate surface area is 171 Å². The van der Waals surface area contributed by atoms with Gasteiger partial charge in [-0.3, -0.25) is 10.1 Å². The molecule has 1 amide bonds. The van der Waals surface area contributed by atoms with Crippen LogP contribution in [0.4, 0.5) is 5.13 Å². The second-order valence-corrected chi connectivity index (χ2v) is 7.48. The van der Waals surface area contributed by atoms with Crippen LogP contribution in [-0.4, -0.2) is 28.5 Å². The molecule has 0 saturated carbocycles. The van der Waals surface area contributed by atoms with Gasteiger partial charge in [-0.05, 0) is 30.3 Å². The van der Waals surface area contributed by atoms with Crippen molar-refractivity contribution in [3.8, 4) is 11.3 Å². The van der Waals surface area contributed by atoms with Crippen molar-refractivity contribution in [2.45, 2.75) is 0 Å². The number of hydrogen-bond acceptors (Lipinski definition) is 7. The number of oxazole rings is 1. The molecule has 0 spiro atoms. The van der Waals surface area contributed by atoms with Crippen molar-refractivity contribution in [1.29, 1.82) is 0 Å². The van der Waals surface area contributed by atoms with Crippen LogP contribution in [0.5, 0.6) is 0 Å². The number of thiazole rings is 1. The maximum atomic E-state index is 12.1. The average molecular weight is 458 g/mol. The zero-order valence-corrected chi connectivity index (χ0v) is 16.6. The van der Waals surface area contributed by atoms with Crippen molar-refractivity contribution >= 4 is 55.4 Å². The Morgan fingerprint density at radius 2 is 2.00 bits per heavy atom. The number of nitrogens with one attached hydrogen (secondary N) is 1. The fourth-order valence-corrected chi connectivity index (χ4v) is 3.44. The predicted molar refractivity (Wildman–Crippen MR) is 108 cm³/mol. The van der Waals surface area contributed by atoms with Gasteiger partial charge in [0.05, 0.1) is 11.3 Å². The Morgan fingerprint density at radius 1 is 1.18 bits per heavy atom. The van der Waals surface area contributed by atoms with Crippen LogP contribution in [0.2, 0.25) is 0 Å². The summed E-state index contributed by atoms with van der Waals surface area (Å²) in [7, 11) is 0. The lowest BCUT2D eigenvalue weighted by atomic mass is 10.2. The smallest absolute Gasteiger partial charge is 0.338 e. The molecule has 4 aromatic rings. The van der Waals surface area contributed by atoms with Gasteiger partial charge >= 0.3 is 5.97 Å². The minimum Gasteiger partial charge on any atom is -0.452 e. The lowest BCUT2D eigenvalue weighted by Crippen LogP contribution is -2.20. The zero-order valence-electron chi connectivity index (χ0n) is 14.2. The number of rotatable bonds is 5. The maximum absolute atomic E-state index is 12.1. The molecule has 9 heteroatoms. The van der Waals surface area contributed by atoms with Crippen molar-refractivity contribution in [3.63, 3.8) is 0 Å². The van der Waals surface area contributed by atoms with E-state index >= 15 is 0 Å². The summed E-state index contributed by atoms with van der Waals surface area (Å²) in [6, 6.07) is 12.4. The Balaban J connectivity index is 1.34. The number of carbonyl (C=O) groups excluding carboxylic acids is 2. The number of amides is 1. The molecular weight excluding hydrogens is 446 g/mol. The molecule has 0 aliphatic carbocycles. The predicted octanol–water partition coefficient (Wildman–Crippen LogP) is 4.51. The number of nitrogens with zero attached hydrogens (tertiary/aromatic N) is 2. The number of benzene rings is 2. The van der Waals surface area contributed by atoms with Crippen LogP contribution in [-0.2, 0) is 9.53 Å². The van der Waals surface area contributed by atoms with Crippen molar-refractivity contribution < 1.29 is 18.7 Å². The molecule has 0 radical (unpaired) electrons. The topological polar surface area (TPSA) is 94.3 Å². The Bertz CT molecular complexity index is 1150. The molecule has 140 valence electrons. The Hall–Kier alpha value is -3.04. The quantitative estimate of drug-likeness (QED) is 0.443. The lowest BCUT2D eigenvalue weighted by molar-refractivity contribution is -0.119. The first kappa shape index (κ1) is 18.3. The summed E-state index contributed by atoms with van der Waals surface area (Å²) in [5.41, 5.74) is 3.09. The molecule has 0 atom stereocenters. The summed E-state index contributed by atoms with van der Waals surface area (Å²) in [5, 5.41) is 4.91. The summed E-state index contributed by atoms with van der Waals surface area (Å²) in [4.78, 5) is 32.5. The highest BCUT2D eigenvalue weighted by atomic mass is 79.9. The van der Waals surface area contributed by atoms with Crippen LogP contribution in [0.1, 0.15) is 10.4 Å². The van der Waals surface area contributed by atoms with Crippen LogP contribution in [0.3, 0.4) is 0 Å². The van der Waals surface area contributed by atoms with E-state index < -0.39 is 18.5 Å². The first-order valence-corrected chi connectivity index (χ1v) is 9.77. The first-order chi connectivity index (χ1) is 13.6. The molecule has 2 heterocycles. The van der Waals surface area contributed by atoms with Gasteiger partial charge in [0.2, 0.25) is 0 Å². The summed E-state index contributed by atoms with van der Waals surface area (Å²) in [6.07, 6.45) is 1.30. The molecule has 0 aliphatic heterocycles. The highest BCUT2D eigenvalue weighted by Crippen LogP contribution is 2.26. The van der Waals surface area contributed by atoms with Gasteiger partial charge in [-0.2, -0.15) is 0 Å². The third-order valence-electron chi connectivity index (χ3n) is 3.79. The molecular formula is C19H12BrN3O4S. The summed E-state index contributed by atoms with van der Waals surface area (Å²) in [5.74, 6) is -1.09. The second kappa shape index (κ2) is 7.91. The standard InChI is InChI=1S/C19H12BrN3O4S/c20-13-4-1-11(2-5-13)15-9-28-19(22-15)23-17(24)8-26-18(25)12-3-6-14-16(7-12)27-10-21-14/h1-7,9-10H,8H2,(H,22,23,24). The van der Waals surface area contributed by atoms with E-state index in [4.69, 9.17) is 9.15 Å². The van der Waals surface area contributed by atoms with E-state index in [1.807, 2.05) is 29.6 Å². The molecule has 4 rings (SSSR count). The summed E-state index contributed by atoms with van der Waals surface area (Å²) in [6.45, 7) is -0.416. The van der Waals surface area contributed by atoms with Crippen molar-refractivity contribution in [1.82, 2.24) is 9.97 Å². The molecule has 28 heavy (non-hydrogen) atoms. The van der Waals surface area contributed by atoms with Crippen LogP contribution in [0.25, 0.3) is 22.4 Å². The normalized spacial score (nSPS) is 10.8. The molecule has 0 aliphatic rings. The number of carbonyl (C=O) groups is 2. The van der Waals surface area contributed by atoms with Crippen LogP contribution >= 0.6 is 27.3 Å². The third kappa shape index (κ3) is 4.10. The van der Waals surface area contributed by atoms with Gasteiger partial charge in [-0.15, -0.1) is 11.3 Å². The van der Waals surface area contributed by atoms with Crippen molar-refractivity contribution in [2.75, 3.05) is 11.9 Å². The number of aromatic nitrogens is 2. The van der Waals surface area contributed by atoms with Gasteiger partial charge in [0.15, 0.2) is 23.7 Å². The van der Waals surface area contributed by atoms with Gasteiger partial charge in [0.25, 0.3) is 5.91 Å². The van der Waals surface area contributed by atoms with E-state index in [-0.39, 0.29) is 5.56 Å². The molecule has 0 bridgehead atoms. The largest absolute Gasteiger partial charge is 0.452 e. The molecule has 0 unspecified atom stereocenters. The van der Waals surface area contributed by atoms with Gasteiger partial charge in [-0.1, -0.05) is 28.1 Å². The van der Waals surface area contributed by atoms with Gasteiger partial charge in [0.1, 0.15) is 5.52 Å². The molecule has 2 aromatic heterocycles. The van der Waals surface area contributed by atoms with Crippen LogP contribution < -0.4 is 5.32 Å². The number of fused-ring (bicyclic) bond motifs is 1. The minimum absolute atomic E-state index is 0.281. The third-order valence-corrected chi connectivity index (χ3v) is 5.08.